The van der Waals surface area contributed by atoms with Crippen LogP contribution in [-0.2, 0) is 9.53 Å². The number of morpholine rings is 1. The van der Waals surface area contributed by atoms with Crippen molar-refractivity contribution in [1.82, 2.24) is 20.2 Å². The van der Waals surface area contributed by atoms with Crippen LogP contribution in [-0.4, -0.2) is 84.5 Å². The summed E-state index contributed by atoms with van der Waals surface area (Å²) in [5.74, 6) is 0.936. The number of nitrogens with one attached hydrogen (secondary N) is 2. The van der Waals surface area contributed by atoms with Crippen molar-refractivity contribution in [2.75, 3.05) is 67.6 Å². The molecule has 12 heteroatoms. The Bertz CT molecular complexity index is 1230. The first-order valence-electron chi connectivity index (χ1n) is 11.8. The van der Waals surface area contributed by atoms with Crippen LogP contribution in [0.25, 0.3) is 6.08 Å². The Morgan fingerprint density at radius 2 is 1.81 bits per heavy atom. The molecule has 1 aromatic heterocycles. The van der Waals surface area contributed by atoms with Crippen LogP contribution in [0.3, 0.4) is 0 Å². The highest BCUT2D eigenvalue weighted by atomic mass is 32.2. The summed E-state index contributed by atoms with van der Waals surface area (Å²) in [6, 6.07) is 11.2. The molecule has 11 nitrogen and oxygen atoms in total. The molecule has 36 heavy (non-hydrogen) atoms. The minimum absolute atomic E-state index is 0.0403. The van der Waals surface area contributed by atoms with E-state index in [-0.39, 0.29) is 16.7 Å². The van der Waals surface area contributed by atoms with E-state index in [0.717, 1.165) is 49.4 Å². The average Bonchev–Trinajstić information content (AvgIpc) is 3.14. The number of para-hydroxylation sites is 1. The van der Waals surface area contributed by atoms with Crippen molar-refractivity contribution < 1.29 is 19.1 Å². The number of thioether (sulfide) groups is 1. The molecule has 0 radical (unpaired) electrons. The minimum atomic E-state index is -0.413. The maximum Gasteiger partial charge on any atom is 0.321 e. The van der Waals surface area contributed by atoms with Crippen molar-refractivity contribution >= 4 is 52.5 Å². The predicted octanol–water partition coefficient (Wildman–Crippen LogP) is 1.99. The molecular weight excluding hydrogens is 482 g/mol. The lowest BCUT2D eigenvalue weighted by molar-refractivity contribution is -0.115. The Balaban J connectivity index is 1.15. The largest absolute Gasteiger partial charge is 0.378 e. The van der Waals surface area contributed by atoms with E-state index in [4.69, 9.17) is 14.7 Å². The lowest BCUT2D eigenvalue weighted by atomic mass is 9.73. The number of aromatic nitrogens is 2. The van der Waals surface area contributed by atoms with E-state index in [2.05, 4.69) is 20.4 Å². The Morgan fingerprint density at radius 1 is 1.06 bits per heavy atom. The monoisotopic (exact) mass is 507 g/mol. The van der Waals surface area contributed by atoms with Crippen molar-refractivity contribution in [2.24, 2.45) is 5.41 Å². The lowest BCUT2D eigenvalue weighted by Gasteiger charge is -2.59. The van der Waals surface area contributed by atoms with Crippen LogP contribution in [0.5, 0.6) is 0 Å². The summed E-state index contributed by atoms with van der Waals surface area (Å²) in [5, 5.41) is 4.83. The third kappa shape index (κ3) is 4.49. The SMILES string of the molecule is O=C1NC(=O)/C(=C\c2cc(N3CCOCC3)nc(N3CC4(CN(C(=O)Nc5ccccc5)C4)C3)n2)S1. The summed E-state index contributed by atoms with van der Waals surface area (Å²) in [4.78, 5) is 52.1. The van der Waals surface area contributed by atoms with Crippen molar-refractivity contribution in [3.8, 4) is 0 Å². The number of amides is 4. The van der Waals surface area contributed by atoms with Gasteiger partial charge in [-0.3, -0.25) is 14.9 Å². The molecule has 0 bridgehead atoms. The molecule has 5 heterocycles. The number of likely N-dealkylation sites (tertiary alicyclic amines) is 1. The van der Waals surface area contributed by atoms with Crippen molar-refractivity contribution in [3.63, 3.8) is 0 Å². The van der Waals surface area contributed by atoms with Gasteiger partial charge in [0.1, 0.15) is 5.82 Å². The van der Waals surface area contributed by atoms with Gasteiger partial charge in [0.25, 0.3) is 11.1 Å². The van der Waals surface area contributed by atoms with Crippen LogP contribution < -0.4 is 20.4 Å². The number of carbonyl (C=O) groups excluding carboxylic acids is 3. The Morgan fingerprint density at radius 3 is 2.50 bits per heavy atom. The van der Waals surface area contributed by atoms with Crippen LogP contribution in [0.4, 0.5) is 27.0 Å². The summed E-state index contributed by atoms with van der Waals surface area (Å²) < 4.78 is 5.47. The van der Waals surface area contributed by atoms with Gasteiger partial charge in [0.2, 0.25) is 5.95 Å². The van der Waals surface area contributed by atoms with Gasteiger partial charge in [-0.2, -0.15) is 4.98 Å². The molecule has 4 amide bonds. The van der Waals surface area contributed by atoms with E-state index in [1.54, 1.807) is 6.08 Å². The number of nitrogens with zero attached hydrogens (tertiary/aromatic N) is 5. The maximum absolute atomic E-state index is 12.5. The first-order chi connectivity index (χ1) is 17.5. The number of rotatable bonds is 4. The highest BCUT2D eigenvalue weighted by molar-refractivity contribution is 8.18. The van der Waals surface area contributed by atoms with Gasteiger partial charge < -0.3 is 24.8 Å². The van der Waals surface area contributed by atoms with E-state index < -0.39 is 5.91 Å². The molecule has 0 saturated carbocycles. The smallest absolute Gasteiger partial charge is 0.321 e. The number of anilines is 3. The Kier molecular flexibility index (Phi) is 5.76. The fourth-order valence-corrected chi connectivity index (χ4v) is 5.57. The quantitative estimate of drug-likeness (QED) is 0.599. The second-order valence-electron chi connectivity index (χ2n) is 9.41. The molecule has 2 aromatic rings. The van der Waals surface area contributed by atoms with Crippen LogP contribution in [0.1, 0.15) is 5.69 Å². The molecule has 4 saturated heterocycles. The molecule has 0 unspecified atom stereocenters. The fourth-order valence-electron chi connectivity index (χ4n) is 4.90. The number of ether oxygens (including phenoxy) is 1. The third-order valence-corrected chi connectivity index (χ3v) is 7.49. The third-order valence-electron chi connectivity index (χ3n) is 6.68. The van der Waals surface area contributed by atoms with Gasteiger partial charge in [0, 0.05) is 56.4 Å². The normalized spacial score (nSPS) is 21.9. The molecule has 1 aromatic carbocycles. The van der Waals surface area contributed by atoms with Gasteiger partial charge in [-0.25, -0.2) is 9.78 Å². The topological polar surface area (TPSA) is 120 Å². The second kappa shape index (κ2) is 9.10. The van der Waals surface area contributed by atoms with E-state index in [0.29, 0.717) is 42.9 Å². The van der Waals surface area contributed by atoms with Crippen molar-refractivity contribution in [2.45, 2.75) is 0 Å². The van der Waals surface area contributed by atoms with E-state index in [1.807, 2.05) is 41.3 Å². The molecule has 2 N–H and O–H groups in total. The zero-order valence-corrected chi connectivity index (χ0v) is 20.3. The average molecular weight is 508 g/mol. The number of hydrogen-bond acceptors (Lipinski definition) is 9. The van der Waals surface area contributed by atoms with Crippen LogP contribution >= 0.6 is 11.8 Å². The van der Waals surface area contributed by atoms with Crippen molar-refractivity contribution in [3.05, 3.63) is 47.0 Å². The molecule has 4 aliphatic heterocycles. The van der Waals surface area contributed by atoms with Crippen LogP contribution in [0.15, 0.2) is 41.3 Å². The molecule has 0 aliphatic carbocycles. The molecule has 1 spiro atoms. The van der Waals surface area contributed by atoms with Gasteiger partial charge in [0.15, 0.2) is 0 Å². The van der Waals surface area contributed by atoms with Gasteiger partial charge in [-0.05, 0) is 30.0 Å². The Labute approximate surface area is 211 Å². The van der Waals surface area contributed by atoms with Crippen molar-refractivity contribution in [1.29, 1.82) is 0 Å². The number of urea groups is 1. The zero-order chi connectivity index (χ0) is 24.7. The highest BCUT2D eigenvalue weighted by Crippen LogP contribution is 2.41. The van der Waals surface area contributed by atoms with Crippen LogP contribution in [0, 0.1) is 5.41 Å². The summed E-state index contributed by atoms with van der Waals surface area (Å²) in [7, 11) is 0. The predicted molar refractivity (Wildman–Crippen MR) is 136 cm³/mol. The molecule has 6 rings (SSSR count). The molecule has 4 fully saturated rings. The number of imide groups is 1. The Hall–Kier alpha value is -3.64. The standard InChI is InChI=1S/C24H25N7O4S/c32-20-18(36-23(34)28-20)10-17-11-19(29-6-8-35-9-7-29)27-21(25-17)30-12-24(13-30)14-31(15-24)22(33)26-16-4-2-1-3-5-16/h1-5,10-11H,6-9,12-15H2,(H,26,33)(H,28,32,34)/b18-10+. The molecule has 0 atom stereocenters. The summed E-state index contributed by atoms with van der Waals surface area (Å²) in [6.07, 6.45) is 1.63. The van der Waals surface area contributed by atoms with E-state index in [9.17, 15) is 14.4 Å². The van der Waals surface area contributed by atoms with E-state index >= 15 is 0 Å². The molecule has 186 valence electrons. The lowest BCUT2D eigenvalue weighted by Crippen LogP contribution is -2.73. The summed E-state index contributed by atoms with van der Waals surface area (Å²) in [5.41, 5.74) is 1.40. The first kappa shape index (κ1) is 22.8. The van der Waals surface area contributed by atoms with Gasteiger partial charge in [-0.15, -0.1) is 0 Å². The fraction of sp³-hybridized carbons (Fsp3) is 0.375. The number of benzene rings is 1. The number of carbonyl (C=O) groups is 3. The molecular formula is C24H25N7O4S. The first-order valence-corrected chi connectivity index (χ1v) is 12.6. The van der Waals surface area contributed by atoms with Crippen LogP contribution in [0.2, 0.25) is 0 Å². The maximum atomic E-state index is 12.5. The minimum Gasteiger partial charge on any atom is -0.378 e. The molecule has 4 aliphatic rings. The van der Waals surface area contributed by atoms with Gasteiger partial charge >= 0.3 is 6.03 Å². The summed E-state index contributed by atoms with van der Waals surface area (Å²) in [6.45, 7) is 5.54. The van der Waals surface area contributed by atoms with E-state index in [1.165, 1.54) is 0 Å². The zero-order valence-electron chi connectivity index (χ0n) is 19.5. The highest BCUT2D eigenvalue weighted by Gasteiger charge is 2.54. The van der Waals surface area contributed by atoms with Gasteiger partial charge in [0.05, 0.1) is 23.8 Å². The number of hydrogen-bond donors (Lipinski definition) is 2. The summed E-state index contributed by atoms with van der Waals surface area (Å²) >= 11 is 0.870. The second-order valence-corrected chi connectivity index (χ2v) is 10.4. The van der Waals surface area contributed by atoms with Gasteiger partial charge in [-0.1, -0.05) is 18.2 Å².